The van der Waals surface area contributed by atoms with Gasteiger partial charge in [0.15, 0.2) is 0 Å². The first-order chi connectivity index (χ1) is 15.0. The molecule has 0 N–H and O–H groups in total. The first-order valence-electron chi connectivity index (χ1n) is 9.49. The van der Waals surface area contributed by atoms with Crippen LogP contribution in [0.3, 0.4) is 0 Å². The molecule has 3 rings (SSSR count). The summed E-state index contributed by atoms with van der Waals surface area (Å²) in [6, 6.07) is 11.1. The average molecular weight is 527 g/mol. The van der Waals surface area contributed by atoms with E-state index in [2.05, 4.69) is 15.9 Å². The van der Waals surface area contributed by atoms with Crippen molar-refractivity contribution in [2.75, 3.05) is 14.1 Å². The van der Waals surface area contributed by atoms with Gasteiger partial charge in [0.1, 0.15) is 28.5 Å². The molecule has 10 heteroatoms. The molecule has 32 heavy (non-hydrogen) atoms. The largest absolute Gasteiger partial charge is 0.487 e. The Morgan fingerprint density at radius 1 is 1.06 bits per heavy atom. The van der Waals surface area contributed by atoms with Crippen LogP contribution in [-0.2, 0) is 23.2 Å². The SMILES string of the molecule is Cc1cc(OCc2ccc(F)cc2F)c(Br)c(=O)n1Cc1ccc(S(=O)(=O)N(C)C)cc1. The first kappa shape index (κ1) is 24.1. The van der Waals surface area contributed by atoms with Crippen molar-refractivity contribution in [3.8, 4) is 5.75 Å². The lowest BCUT2D eigenvalue weighted by Gasteiger charge is -2.15. The summed E-state index contributed by atoms with van der Waals surface area (Å²) in [6.45, 7) is 1.78. The molecule has 1 heterocycles. The summed E-state index contributed by atoms with van der Waals surface area (Å²) in [4.78, 5) is 13.0. The maximum absolute atomic E-state index is 13.8. The van der Waals surface area contributed by atoms with Gasteiger partial charge in [0.2, 0.25) is 10.0 Å². The zero-order valence-electron chi connectivity index (χ0n) is 17.6. The van der Waals surface area contributed by atoms with E-state index in [4.69, 9.17) is 4.74 Å². The van der Waals surface area contributed by atoms with Crippen LogP contribution in [0.5, 0.6) is 5.75 Å². The maximum atomic E-state index is 13.8. The highest BCUT2D eigenvalue weighted by Crippen LogP contribution is 2.25. The lowest BCUT2D eigenvalue weighted by Crippen LogP contribution is -2.24. The minimum Gasteiger partial charge on any atom is -0.487 e. The molecule has 0 aliphatic carbocycles. The number of pyridine rings is 1. The molecule has 0 radical (unpaired) electrons. The smallest absolute Gasteiger partial charge is 0.269 e. The second kappa shape index (κ2) is 9.51. The van der Waals surface area contributed by atoms with Gasteiger partial charge in [0.05, 0.1) is 11.4 Å². The normalized spacial score (nSPS) is 11.7. The summed E-state index contributed by atoms with van der Waals surface area (Å²) in [7, 11) is -0.624. The quantitative estimate of drug-likeness (QED) is 0.465. The number of aromatic nitrogens is 1. The molecule has 0 fully saturated rings. The number of sulfonamides is 1. The molecule has 0 aliphatic heterocycles. The Hall–Kier alpha value is -2.56. The number of benzene rings is 2. The highest BCUT2D eigenvalue weighted by molar-refractivity contribution is 9.10. The molecule has 0 saturated carbocycles. The Morgan fingerprint density at radius 3 is 2.31 bits per heavy atom. The standard InChI is InChI=1S/C22H21BrF2N2O4S/c1-14-10-20(31-13-16-6-7-17(24)11-19(16)25)21(23)22(28)27(14)12-15-4-8-18(9-5-15)32(29,30)26(2)3/h4-11H,12-13H2,1-3H3. The molecule has 0 aliphatic rings. The molecule has 170 valence electrons. The van der Waals surface area contributed by atoms with Gasteiger partial charge >= 0.3 is 0 Å². The third-order valence-electron chi connectivity index (χ3n) is 4.86. The Morgan fingerprint density at radius 2 is 1.72 bits per heavy atom. The summed E-state index contributed by atoms with van der Waals surface area (Å²) in [5.74, 6) is -1.18. The second-order valence-electron chi connectivity index (χ2n) is 7.31. The van der Waals surface area contributed by atoms with Crippen LogP contribution in [0.4, 0.5) is 8.78 Å². The van der Waals surface area contributed by atoms with Gasteiger partial charge in [-0.15, -0.1) is 0 Å². The fourth-order valence-corrected chi connectivity index (χ4v) is 4.32. The number of hydrogen-bond donors (Lipinski definition) is 0. The molecule has 0 amide bonds. The van der Waals surface area contributed by atoms with Crippen molar-refractivity contribution in [3.05, 3.63) is 91.8 Å². The highest BCUT2D eigenvalue weighted by atomic mass is 79.9. The summed E-state index contributed by atoms with van der Waals surface area (Å²) in [5.41, 5.74) is 1.14. The fraction of sp³-hybridized carbons (Fsp3) is 0.227. The van der Waals surface area contributed by atoms with Gasteiger partial charge in [0.25, 0.3) is 5.56 Å². The van der Waals surface area contributed by atoms with Crippen molar-refractivity contribution in [3.63, 3.8) is 0 Å². The van der Waals surface area contributed by atoms with Gasteiger partial charge < -0.3 is 9.30 Å². The highest BCUT2D eigenvalue weighted by Gasteiger charge is 2.17. The molecule has 0 atom stereocenters. The molecular weight excluding hydrogens is 506 g/mol. The van der Waals surface area contributed by atoms with Gasteiger partial charge in [-0.2, -0.15) is 0 Å². The molecule has 2 aromatic carbocycles. The minimum absolute atomic E-state index is 0.160. The van der Waals surface area contributed by atoms with E-state index in [0.717, 1.165) is 22.0 Å². The van der Waals surface area contributed by atoms with E-state index in [1.807, 2.05) is 0 Å². The average Bonchev–Trinajstić information content (AvgIpc) is 2.74. The van der Waals surface area contributed by atoms with Gasteiger partial charge in [-0.05, 0) is 52.7 Å². The van der Waals surface area contributed by atoms with Gasteiger partial charge in [-0.1, -0.05) is 12.1 Å². The van der Waals surface area contributed by atoms with Crippen molar-refractivity contribution in [2.45, 2.75) is 25.0 Å². The van der Waals surface area contributed by atoms with Gasteiger partial charge in [-0.25, -0.2) is 21.5 Å². The van der Waals surface area contributed by atoms with Crippen molar-refractivity contribution in [2.24, 2.45) is 0 Å². The van der Waals surface area contributed by atoms with Crippen molar-refractivity contribution >= 4 is 26.0 Å². The summed E-state index contributed by atoms with van der Waals surface area (Å²) in [6.07, 6.45) is 0. The van der Waals surface area contributed by atoms with E-state index in [0.29, 0.717) is 5.69 Å². The molecule has 0 spiro atoms. The number of hydrogen-bond acceptors (Lipinski definition) is 4. The van der Waals surface area contributed by atoms with Gasteiger partial charge in [0, 0.05) is 37.5 Å². The molecule has 3 aromatic rings. The molecule has 0 bridgehead atoms. The van der Waals surface area contributed by atoms with E-state index >= 15 is 0 Å². The number of ether oxygens (including phenoxy) is 1. The first-order valence-corrected chi connectivity index (χ1v) is 11.7. The zero-order chi connectivity index (χ0) is 23.6. The number of nitrogens with zero attached hydrogens (tertiary/aromatic N) is 2. The Kier molecular flexibility index (Phi) is 7.16. The van der Waals surface area contributed by atoms with E-state index < -0.39 is 21.7 Å². The predicted molar refractivity (Wildman–Crippen MR) is 120 cm³/mol. The van der Waals surface area contributed by atoms with Crippen LogP contribution in [0.25, 0.3) is 0 Å². The van der Waals surface area contributed by atoms with Crippen LogP contribution in [0.2, 0.25) is 0 Å². The molecule has 0 unspecified atom stereocenters. The Labute approximate surface area is 193 Å². The monoisotopic (exact) mass is 526 g/mol. The van der Waals surface area contributed by atoms with E-state index in [1.54, 1.807) is 25.1 Å². The van der Waals surface area contributed by atoms with E-state index in [-0.39, 0.29) is 39.4 Å². The molecule has 1 aromatic heterocycles. The number of rotatable bonds is 7. The van der Waals surface area contributed by atoms with Crippen LogP contribution in [-0.4, -0.2) is 31.4 Å². The number of aryl methyl sites for hydroxylation is 1. The van der Waals surface area contributed by atoms with Crippen LogP contribution < -0.4 is 10.3 Å². The third-order valence-corrected chi connectivity index (χ3v) is 7.42. The predicted octanol–water partition coefficient (Wildman–Crippen LogP) is 4.08. The molecule has 6 nitrogen and oxygen atoms in total. The second-order valence-corrected chi connectivity index (χ2v) is 10.3. The summed E-state index contributed by atoms with van der Waals surface area (Å²) < 4.78 is 59.7. The Balaban J connectivity index is 1.82. The van der Waals surface area contributed by atoms with Gasteiger partial charge in [-0.3, -0.25) is 4.79 Å². The van der Waals surface area contributed by atoms with Crippen molar-refractivity contribution in [1.82, 2.24) is 8.87 Å². The topological polar surface area (TPSA) is 68.6 Å². The van der Waals surface area contributed by atoms with Crippen molar-refractivity contribution in [1.29, 1.82) is 0 Å². The summed E-state index contributed by atoms with van der Waals surface area (Å²) in [5, 5.41) is 0. The zero-order valence-corrected chi connectivity index (χ0v) is 20.0. The van der Waals surface area contributed by atoms with E-state index in [9.17, 15) is 22.0 Å². The third kappa shape index (κ3) is 5.08. The lowest BCUT2D eigenvalue weighted by molar-refractivity contribution is 0.296. The molecule has 0 saturated heterocycles. The van der Waals surface area contributed by atoms with Crippen LogP contribution in [0.1, 0.15) is 16.8 Å². The fourth-order valence-electron chi connectivity index (χ4n) is 2.97. The van der Waals surface area contributed by atoms with Crippen LogP contribution >= 0.6 is 15.9 Å². The number of halogens is 3. The maximum Gasteiger partial charge on any atom is 0.269 e. The lowest BCUT2D eigenvalue weighted by atomic mass is 10.2. The van der Waals surface area contributed by atoms with Crippen molar-refractivity contribution < 1.29 is 21.9 Å². The van der Waals surface area contributed by atoms with Crippen LogP contribution in [0.15, 0.2) is 62.7 Å². The van der Waals surface area contributed by atoms with Crippen LogP contribution in [0, 0.1) is 18.6 Å². The Bertz CT molecular complexity index is 1310. The summed E-state index contributed by atoms with van der Waals surface area (Å²) >= 11 is 3.24. The molecular formula is C22H21BrF2N2O4S. The minimum atomic E-state index is -3.54. The van der Waals surface area contributed by atoms with E-state index in [1.165, 1.54) is 36.9 Å².